The van der Waals surface area contributed by atoms with Gasteiger partial charge in [0, 0.05) is 0 Å². The number of carbonyl (C=O) groups is 4. The second-order valence-corrected chi connectivity index (χ2v) is 4.03. The van der Waals surface area contributed by atoms with Crippen molar-refractivity contribution in [2.45, 2.75) is 12.8 Å². The molecule has 0 N–H and O–H groups in total. The van der Waals surface area contributed by atoms with Crippen LogP contribution in [0.5, 0.6) is 0 Å². The normalized spacial score (nSPS) is 22.2. The van der Waals surface area contributed by atoms with Crippen molar-refractivity contribution in [3.63, 3.8) is 0 Å². The highest BCUT2D eigenvalue weighted by atomic mass is 16.6. The predicted molar refractivity (Wildman–Crippen MR) is 71.4 cm³/mol. The number of hydrogen-bond donors (Lipinski definition) is 0. The molecule has 8 nitrogen and oxygen atoms in total. The van der Waals surface area contributed by atoms with E-state index in [4.69, 9.17) is 18.9 Å². The second-order valence-electron chi connectivity index (χ2n) is 4.03. The van der Waals surface area contributed by atoms with Gasteiger partial charge in [0.2, 0.25) is 0 Å². The largest absolute Gasteiger partial charge is 0.461 e. The van der Waals surface area contributed by atoms with Crippen LogP contribution in [0.2, 0.25) is 0 Å². The minimum absolute atomic E-state index is 0.0639. The van der Waals surface area contributed by atoms with Gasteiger partial charge in [-0.05, 0) is 24.3 Å². The number of cyclic esters (lactones) is 4. The van der Waals surface area contributed by atoms with E-state index in [0.717, 1.165) is 0 Å². The highest BCUT2D eigenvalue weighted by Gasteiger charge is 2.12. The lowest BCUT2D eigenvalue weighted by atomic mass is 10.4. The molecule has 0 saturated carbocycles. The predicted octanol–water partition coefficient (Wildman–Crippen LogP) is 0.0654. The zero-order chi connectivity index (χ0) is 16.2. The third-order valence-corrected chi connectivity index (χ3v) is 2.27. The summed E-state index contributed by atoms with van der Waals surface area (Å²) in [4.78, 5) is 45.0. The molecule has 0 spiro atoms. The van der Waals surface area contributed by atoms with Crippen molar-refractivity contribution >= 4 is 23.9 Å². The summed E-state index contributed by atoms with van der Waals surface area (Å²) >= 11 is 0. The van der Waals surface area contributed by atoms with Gasteiger partial charge in [-0.15, -0.1) is 0 Å². The van der Waals surface area contributed by atoms with Gasteiger partial charge in [-0.2, -0.15) is 0 Å². The molecule has 1 heterocycles. The molecule has 0 unspecified atom stereocenters. The maximum Gasteiger partial charge on any atom is 0.317 e. The minimum atomic E-state index is -0.717. The molecule has 1 aliphatic heterocycles. The molecule has 0 fully saturated rings. The first-order chi connectivity index (χ1) is 10.6. The Kier molecular flexibility index (Phi) is 8.02. The maximum atomic E-state index is 11.3. The van der Waals surface area contributed by atoms with Gasteiger partial charge in [-0.1, -0.05) is 0 Å². The fourth-order valence-electron chi connectivity index (χ4n) is 1.28. The topological polar surface area (TPSA) is 105 Å². The summed E-state index contributed by atoms with van der Waals surface area (Å²) in [6.45, 7) is -0.256. The van der Waals surface area contributed by atoms with Crippen LogP contribution >= 0.6 is 0 Å². The fourth-order valence-corrected chi connectivity index (χ4v) is 1.28. The van der Waals surface area contributed by atoms with Crippen molar-refractivity contribution in [2.24, 2.45) is 0 Å². The first-order valence-corrected chi connectivity index (χ1v) is 6.50. The highest BCUT2D eigenvalue weighted by molar-refractivity contribution is 5.91. The Labute approximate surface area is 126 Å². The van der Waals surface area contributed by atoms with Gasteiger partial charge in [-0.25, -0.2) is 0 Å². The van der Waals surface area contributed by atoms with Gasteiger partial charge >= 0.3 is 23.9 Å². The first kappa shape index (κ1) is 17.4. The van der Waals surface area contributed by atoms with E-state index in [2.05, 4.69) is 0 Å². The standard InChI is InChI=1S/C14H16O8/c15-11-9-13(17)21-7-3-4-8-22-14(18)10-12(16)20-6-2-1-5-19-11/h1-4H,5-10H2/b2-1+,4-3+. The molecular formula is C14H16O8. The van der Waals surface area contributed by atoms with E-state index in [9.17, 15) is 19.2 Å². The van der Waals surface area contributed by atoms with E-state index < -0.39 is 36.7 Å². The fraction of sp³-hybridized carbons (Fsp3) is 0.429. The molecular weight excluding hydrogens is 296 g/mol. The van der Waals surface area contributed by atoms with Gasteiger partial charge in [0.25, 0.3) is 0 Å². The van der Waals surface area contributed by atoms with Gasteiger partial charge in [-0.3, -0.25) is 19.2 Å². The van der Waals surface area contributed by atoms with Gasteiger partial charge in [0.15, 0.2) is 0 Å². The van der Waals surface area contributed by atoms with Crippen LogP contribution in [0.15, 0.2) is 24.3 Å². The molecule has 0 aromatic heterocycles. The molecule has 1 rings (SSSR count). The van der Waals surface area contributed by atoms with Crippen LogP contribution in [0, 0.1) is 0 Å². The lowest BCUT2D eigenvalue weighted by molar-refractivity contribution is -0.155. The highest BCUT2D eigenvalue weighted by Crippen LogP contribution is 1.95. The molecule has 0 aliphatic carbocycles. The molecule has 120 valence electrons. The average molecular weight is 312 g/mol. The summed E-state index contributed by atoms with van der Waals surface area (Å²) in [5.41, 5.74) is 0. The van der Waals surface area contributed by atoms with Crippen LogP contribution in [-0.4, -0.2) is 50.3 Å². The van der Waals surface area contributed by atoms with E-state index in [1.807, 2.05) is 0 Å². The zero-order valence-electron chi connectivity index (χ0n) is 11.8. The lowest BCUT2D eigenvalue weighted by Crippen LogP contribution is -2.15. The Morgan fingerprint density at radius 1 is 0.500 bits per heavy atom. The second kappa shape index (κ2) is 10.1. The third kappa shape index (κ3) is 8.51. The van der Waals surface area contributed by atoms with E-state index in [1.54, 1.807) is 0 Å². The summed E-state index contributed by atoms with van der Waals surface area (Å²) in [7, 11) is 0. The van der Waals surface area contributed by atoms with Crippen LogP contribution in [-0.2, 0) is 38.1 Å². The maximum absolute atomic E-state index is 11.3. The van der Waals surface area contributed by atoms with Crippen LogP contribution in [0.3, 0.4) is 0 Å². The molecule has 0 amide bonds. The van der Waals surface area contributed by atoms with Crippen molar-refractivity contribution in [1.82, 2.24) is 0 Å². The molecule has 22 heavy (non-hydrogen) atoms. The summed E-state index contributed by atoms with van der Waals surface area (Å²) in [6, 6.07) is 0. The Hall–Kier alpha value is -2.64. The number of hydrogen-bond acceptors (Lipinski definition) is 8. The quantitative estimate of drug-likeness (QED) is 0.268. The molecule has 0 aromatic rings. The summed E-state index contributed by atoms with van der Waals surface area (Å²) in [5.74, 6) is -2.87. The van der Waals surface area contributed by atoms with Gasteiger partial charge in [0.1, 0.15) is 39.3 Å². The van der Waals surface area contributed by atoms with Gasteiger partial charge in [0.05, 0.1) is 0 Å². The minimum Gasteiger partial charge on any atom is -0.461 e. The van der Waals surface area contributed by atoms with Crippen molar-refractivity contribution in [1.29, 1.82) is 0 Å². The zero-order valence-corrected chi connectivity index (χ0v) is 11.8. The van der Waals surface area contributed by atoms with Gasteiger partial charge < -0.3 is 18.9 Å². The van der Waals surface area contributed by atoms with Crippen LogP contribution in [0.25, 0.3) is 0 Å². The Morgan fingerprint density at radius 3 is 0.955 bits per heavy atom. The van der Waals surface area contributed by atoms with Crippen molar-refractivity contribution in [3.05, 3.63) is 24.3 Å². The third-order valence-electron chi connectivity index (χ3n) is 2.27. The Bertz CT molecular complexity index is 393. The molecule has 0 aromatic carbocycles. The van der Waals surface area contributed by atoms with Crippen LogP contribution in [0.1, 0.15) is 12.8 Å². The van der Waals surface area contributed by atoms with Crippen molar-refractivity contribution < 1.29 is 38.1 Å². The van der Waals surface area contributed by atoms with Crippen molar-refractivity contribution in [2.75, 3.05) is 26.4 Å². The number of rotatable bonds is 0. The summed E-state index contributed by atoms with van der Waals surface area (Å²) in [5, 5.41) is 0. The monoisotopic (exact) mass is 312 g/mol. The van der Waals surface area contributed by atoms with Crippen LogP contribution < -0.4 is 0 Å². The average Bonchev–Trinajstić information content (AvgIpc) is 2.45. The molecule has 8 heteroatoms. The number of carbonyl (C=O) groups excluding carboxylic acids is 4. The Balaban J connectivity index is 2.51. The van der Waals surface area contributed by atoms with E-state index in [0.29, 0.717) is 0 Å². The summed E-state index contributed by atoms with van der Waals surface area (Å²) < 4.78 is 19.0. The van der Waals surface area contributed by atoms with E-state index in [-0.39, 0.29) is 26.4 Å². The molecule has 0 bridgehead atoms. The first-order valence-electron chi connectivity index (χ1n) is 6.50. The van der Waals surface area contributed by atoms with E-state index >= 15 is 0 Å². The molecule has 0 atom stereocenters. The summed E-state index contributed by atoms with van der Waals surface area (Å²) in [6.07, 6.45) is 4.79. The van der Waals surface area contributed by atoms with Crippen LogP contribution in [0.4, 0.5) is 0 Å². The number of ether oxygens (including phenoxy) is 4. The molecule has 0 saturated heterocycles. The Morgan fingerprint density at radius 2 is 0.727 bits per heavy atom. The lowest BCUT2D eigenvalue weighted by Gasteiger charge is -2.04. The molecule has 1 aliphatic rings. The van der Waals surface area contributed by atoms with Crippen molar-refractivity contribution in [3.8, 4) is 0 Å². The molecule has 0 radical (unpaired) electrons. The number of esters is 4. The smallest absolute Gasteiger partial charge is 0.317 e. The SMILES string of the molecule is O=C1CC(=O)OC/C=C/COC(=O)CC(=O)OC/C=C/CO1. The van der Waals surface area contributed by atoms with E-state index in [1.165, 1.54) is 24.3 Å².